The van der Waals surface area contributed by atoms with Crippen LogP contribution >= 0.6 is 21.6 Å². The molecule has 6 heteroatoms. The summed E-state index contributed by atoms with van der Waals surface area (Å²) >= 11 is 0. The van der Waals surface area contributed by atoms with Crippen LogP contribution in [0.1, 0.15) is 57.8 Å². The molecule has 0 aliphatic carbocycles. The molecular formula is C23H40O4S2. The maximum Gasteiger partial charge on any atom is 0.0701 e. The van der Waals surface area contributed by atoms with Gasteiger partial charge in [-0.1, -0.05) is 84.7 Å². The fourth-order valence-corrected chi connectivity index (χ4v) is 4.95. The van der Waals surface area contributed by atoms with E-state index in [0.717, 1.165) is 13.0 Å². The lowest BCUT2D eigenvalue weighted by molar-refractivity contribution is 0.00719. The summed E-state index contributed by atoms with van der Waals surface area (Å²) in [6.07, 6.45) is 11.9. The van der Waals surface area contributed by atoms with Crippen molar-refractivity contribution in [1.29, 1.82) is 0 Å². The van der Waals surface area contributed by atoms with Crippen molar-refractivity contribution >= 4 is 21.6 Å². The number of benzene rings is 1. The number of unbranched alkanes of at least 4 members (excludes halogenated alkanes) is 8. The van der Waals surface area contributed by atoms with E-state index in [9.17, 15) is 0 Å². The summed E-state index contributed by atoms with van der Waals surface area (Å²) in [6, 6.07) is 10.6. The molecule has 0 atom stereocenters. The van der Waals surface area contributed by atoms with Crippen molar-refractivity contribution in [3.63, 3.8) is 0 Å². The molecule has 0 unspecified atom stereocenters. The molecule has 1 aromatic rings. The van der Waals surface area contributed by atoms with Crippen LogP contribution in [0.2, 0.25) is 0 Å². The van der Waals surface area contributed by atoms with Crippen LogP contribution in [-0.2, 0) is 14.2 Å². The highest BCUT2D eigenvalue weighted by Crippen LogP contribution is 2.31. The average molecular weight is 445 g/mol. The molecule has 0 saturated carbocycles. The third kappa shape index (κ3) is 19.5. The molecule has 0 aliphatic heterocycles. The normalized spacial score (nSPS) is 11.2. The van der Waals surface area contributed by atoms with Crippen LogP contribution in [0.5, 0.6) is 0 Å². The molecule has 0 spiro atoms. The van der Waals surface area contributed by atoms with Crippen LogP contribution in [0.25, 0.3) is 0 Å². The van der Waals surface area contributed by atoms with Gasteiger partial charge >= 0.3 is 0 Å². The van der Waals surface area contributed by atoms with Gasteiger partial charge in [-0.2, -0.15) is 0 Å². The molecule has 0 aromatic heterocycles. The first-order chi connectivity index (χ1) is 14.4. The van der Waals surface area contributed by atoms with Crippen molar-refractivity contribution in [3.8, 4) is 0 Å². The first-order valence-electron chi connectivity index (χ1n) is 11.1. The van der Waals surface area contributed by atoms with Gasteiger partial charge in [0.15, 0.2) is 0 Å². The standard InChI is InChI=1S/C23H40O4S2/c24-15-17-26-19-21-27-20-18-25-16-11-6-4-2-1-3-5-7-12-22-28-29-23-13-9-8-10-14-23/h8-10,13-14,24H,1-7,11-12,15-22H2. The third-order valence-corrected chi connectivity index (χ3v) is 6.86. The Kier molecular flexibility index (Phi) is 20.7. The fraction of sp³-hybridized carbons (Fsp3) is 0.739. The van der Waals surface area contributed by atoms with Gasteiger partial charge in [-0.3, -0.25) is 0 Å². The van der Waals surface area contributed by atoms with Gasteiger partial charge < -0.3 is 19.3 Å². The molecule has 0 fully saturated rings. The Morgan fingerprint density at radius 2 is 1.10 bits per heavy atom. The van der Waals surface area contributed by atoms with E-state index in [-0.39, 0.29) is 6.61 Å². The number of aliphatic hydroxyl groups excluding tert-OH is 1. The van der Waals surface area contributed by atoms with Gasteiger partial charge in [0, 0.05) is 17.3 Å². The minimum absolute atomic E-state index is 0.0667. The number of aliphatic hydroxyl groups is 1. The van der Waals surface area contributed by atoms with Gasteiger partial charge in [0.25, 0.3) is 0 Å². The molecule has 1 rings (SSSR count). The Labute approximate surface area is 185 Å². The van der Waals surface area contributed by atoms with E-state index < -0.39 is 0 Å². The van der Waals surface area contributed by atoms with Crippen molar-refractivity contribution in [2.75, 3.05) is 52.0 Å². The Morgan fingerprint density at radius 3 is 1.72 bits per heavy atom. The number of hydrogen-bond donors (Lipinski definition) is 1. The third-order valence-electron chi connectivity index (χ3n) is 4.39. The van der Waals surface area contributed by atoms with Crippen LogP contribution in [-0.4, -0.2) is 57.1 Å². The van der Waals surface area contributed by atoms with Crippen LogP contribution < -0.4 is 0 Å². The van der Waals surface area contributed by atoms with Gasteiger partial charge in [0.2, 0.25) is 0 Å². The van der Waals surface area contributed by atoms with Crippen LogP contribution in [0.3, 0.4) is 0 Å². The lowest BCUT2D eigenvalue weighted by Gasteiger charge is -2.06. The van der Waals surface area contributed by atoms with E-state index in [1.807, 2.05) is 21.6 Å². The number of ether oxygens (including phenoxy) is 3. The smallest absolute Gasteiger partial charge is 0.0701 e. The van der Waals surface area contributed by atoms with Gasteiger partial charge in [0.1, 0.15) is 0 Å². The molecule has 168 valence electrons. The van der Waals surface area contributed by atoms with E-state index >= 15 is 0 Å². The highest BCUT2D eigenvalue weighted by atomic mass is 33.1. The molecule has 0 bridgehead atoms. The first kappa shape index (κ1) is 26.8. The van der Waals surface area contributed by atoms with Gasteiger partial charge in [0.05, 0.1) is 39.6 Å². The summed E-state index contributed by atoms with van der Waals surface area (Å²) in [5.41, 5.74) is 0. The van der Waals surface area contributed by atoms with Crippen LogP contribution in [0, 0.1) is 0 Å². The summed E-state index contributed by atoms with van der Waals surface area (Å²) in [4.78, 5) is 1.36. The molecule has 0 amide bonds. The largest absolute Gasteiger partial charge is 0.394 e. The summed E-state index contributed by atoms with van der Waals surface area (Å²) in [6.45, 7) is 3.66. The Hall–Kier alpha value is -0.240. The van der Waals surface area contributed by atoms with Crippen LogP contribution in [0.4, 0.5) is 0 Å². The fourth-order valence-electron chi connectivity index (χ4n) is 2.79. The second-order valence-corrected chi connectivity index (χ2v) is 9.45. The molecule has 0 heterocycles. The molecule has 0 radical (unpaired) electrons. The SMILES string of the molecule is OCCOCCOCCOCCCCCCCCCCCSSc1ccccc1. The highest BCUT2D eigenvalue weighted by Gasteiger charge is 1.96. The van der Waals surface area contributed by atoms with Crippen molar-refractivity contribution in [2.24, 2.45) is 0 Å². The maximum absolute atomic E-state index is 8.56. The van der Waals surface area contributed by atoms with Crippen LogP contribution in [0.15, 0.2) is 35.2 Å². The molecule has 1 aromatic carbocycles. The summed E-state index contributed by atoms with van der Waals surface area (Å²) < 4.78 is 16.1. The second kappa shape index (κ2) is 22.4. The molecule has 0 saturated heterocycles. The molecule has 29 heavy (non-hydrogen) atoms. The summed E-state index contributed by atoms with van der Waals surface area (Å²) in [7, 11) is 3.88. The van der Waals surface area contributed by atoms with Crippen molar-refractivity contribution in [1.82, 2.24) is 0 Å². The summed E-state index contributed by atoms with van der Waals surface area (Å²) in [5.74, 6) is 1.25. The number of hydrogen-bond acceptors (Lipinski definition) is 6. The lowest BCUT2D eigenvalue weighted by atomic mass is 10.1. The first-order valence-corrected chi connectivity index (χ1v) is 13.4. The number of rotatable bonds is 22. The zero-order valence-electron chi connectivity index (χ0n) is 17.9. The maximum atomic E-state index is 8.56. The predicted octanol–water partition coefficient (Wildman–Crippen LogP) is 5.98. The predicted molar refractivity (Wildman–Crippen MR) is 126 cm³/mol. The Balaban J connectivity index is 1.66. The Morgan fingerprint density at radius 1 is 0.586 bits per heavy atom. The van der Waals surface area contributed by atoms with E-state index in [1.54, 1.807) is 0 Å². The monoisotopic (exact) mass is 444 g/mol. The molecule has 0 aliphatic rings. The molecule has 4 nitrogen and oxygen atoms in total. The molecular weight excluding hydrogens is 404 g/mol. The van der Waals surface area contributed by atoms with E-state index in [0.29, 0.717) is 33.0 Å². The lowest BCUT2D eigenvalue weighted by Crippen LogP contribution is -2.11. The average Bonchev–Trinajstić information content (AvgIpc) is 2.75. The van der Waals surface area contributed by atoms with E-state index in [4.69, 9.17) is 19.3 Å². The van der Waals surface area contributed by atoms with Crippen molar-refractivity contribution in [2.45, 2.75) is 62.7 Å². The molecule has 1 N–H and O–H groups in total. The van der Waals surface area contributed by atoms with Gasteiger partial charge in [-0.05, 0) is 25.0 Å². The zero-order chi connectivity index (χ0) is 20.7. The van der Waals surface area contributed by atoms with Crippen molar-refractivity contribution in [3.05, 3.63) is 30.3 Å². The summed E-state index contributed by atoms with van der Waals surface area (Å²) in [5, 5.41) is 8.56. The van der Waals surface area contributed by atoms with Crippen molar-refractivity contribution < 1.29 is 19.3 Å². The van der Waals surface area contributed by atoms with E-state index in [2.05, 4.69) is 30.3 Å². The highest BCUT2D eigenvalue weighted by molar-refractivity contribution is 8.76. The topological polar surface area (TPSA) is 47.9 Å². The van der Waals surface area contributed by atoms with E-state index in [1.165, 1.54) is 62.0 Å². The Bertz CT molecular complexity index is 434. The zero-order valence-corrected chi connectivity index (χ0v) is 19.5. The quantitative estimate of drug-likeness (QED) is 0.175. The van der Waals surface area contributed by atoms with Gasteiger partial charge in [-0.15, -0.1) is 0 Å². The minimum atomic E-state index is 0.0667. The minimum Gasteiger partial charge on any atom is -0.394 e. The second-order valence-electron chi connectivity index (χ2n) is 6.96. The van der Waals surface area contributed by atoms with Gasteiger partial charge in [-0.25, -0.2) is 0 Å².